The lowest BCUT2D eigenvalue weighted by Crippen LogP contribution is -2.23. The largest absolute Gasteiger partial charge is 0.497 e. The number of hydrogen-bond acceptors (Lipinski definition) is 5. The summed E-state index contributed by atoms with van der Waals surface area (Å²) < 4.78 is 10.4. The Balaban J connectivity index is 1.65. The second kappa shape index (κ2) is 10.4. The van der Waals surface area contributed by atoms with Crippen molar-refractivity contribution in [3.8, 4) is 11.5 Å². The summed E-state index contributed by atoms with van der Waals surface area (Å²) in [7, 11) is 3.07. The number of ether oxygens (including phenoxy) is 2. The number of amides is 2. The summed E-state index contributed by atoms with van der Waals surface area (Å²) in [6, 6.07) is 18.9. The highest BCUT2D eigenvalue weighted by Crippen LogP contribution is 2.29. The molecule has 31 heavy (non-hydrogen) atoms. The monoisotopic (exact) mass is 439 g/mol. The average Bonchev–Trinajstić information content (AvgIpc) is 2.79. The third-order valence-electron chi connectivity index (χ3n) is 4.40. The summed E-state index contributed by atoms with van der Waals surface area (Å²) in [6.07, 6.45) is 0. The van der Waals surface area contributed by atoms with E-state index in [1.54, 1.807) is 73.8 Å². The second-order valence-electron chi connectivity index (χ2n) is 6.47. The van der Waals surface area contributed by atoms with Crippen LogP contribution in [-0.2, 0) is 4.79 Å². The van der Waals surface area contributed by atoms with E-state index in [1.807, 2.05) is 0 Å². The molecule has 0 fully saturated rings. The van der Waals surface area contributed by atoms with Crippen LogP contribution >= 0.6 is 11.6 Å². The van der Waals surface area contributed by atoms with Gasteiger partial charge in [-0.2, -0.15) is 0 Å². The van der Waals surface area contributed by atoms with Crippen molar-refractivity contribution in [2.24, 2.45) is 0 Å². The molecule has 2 amide bonds. The molecular weight excluding hydrogens is 418 g/mol. The van der Waals surface area contributed by atoms with Gasteiger partial charge in [0, 0.05) is 22.5 Å². The summed E-state index contributed by atoms with van der Waals surface area (Å²) in [6.45, 7) is -0.0412. The maximum atomic E-state index is 12.7. The molecule has 0 atom stereocenters. The molecule has 7 nitrogen and oxygen atoms in total. The first-order chi connectivity index (χ1) is 15.0. The van der Waals surface area contributed by atoms with Gasteiger partial charge in [-0.15, -0.1) is 0 Å². The molecule has 0 heterocycles. The van der Waals surface area contributed by atoms with Gasteiger partial charge in [-0.3, -0.25) is 9.59 Å². The van der Waals surface area contributed by atoms with Crippen molar-refractivity contribution >= 4 is 40.5 Å². The Kier molecular flexibility index (Phi) is 7.35. The molecule has 0 saturated carbocycles. The van der Waals surface area contributed by atoms with Crippen LogP contribution in [0, 0.1) is 0 Å². The molecule has 0 radical (unpaired) electrons. The number of carbonyl (C=O) groups excluding carboxylic acids is 2. The van der Waals surface area contributed by atoms with E-state index in [4.69, 9.17) is 21.1 Å². The van der Waals surface area contributed by atoms with Crippen LogP contribution in [0.15, 0.2) is 66.7 Å². The van der Waals surface area contributed by atoms with Crippen LogP contribution in [0.3, 0.4) is 0 Å². The zero-order valence-corrected chi connectivity index (χ0v) is 17.8. The standard InChI is InChI=1S/C23H22ClN3O4/c1-30-17-11-12-20(21(13-17)31-2)27-22(28)14-25-19-6-4-3-5-18(19)23(29)26-16-9-7-15(24)8-10-16/h3-13,25H,14H2,1-2H3,(H,26,29)(H,27,28). The van der Waals surface area contributed by atoms with E-state index in [1.165, 1.54) is 7.11 Å². The van der Waals surface area contributed by atoms with E-state index in [0.717, 1.165) is 0 Å². The van der Waals surface area contributed by atoms with Crippen LogP contribution in [0.4, 0.5) is 17.1 Å². The number of rotatable bonds is 8. The maximum absolute atomic E-state index is 12.7. The Bertz CT molecular complexity index is 1070. The second-order valence-corrected chi connectivity index (χ2v) is 6.91. The van der Waals surface area contributed by atoms with Crippen LogP contribution in [0.1, 0.15) is 10.4 Å². The van der Waals surface area contributed by atoms with Crippen LogP contribution in [-0.4, -0.2) is 32.6 Å². The molecule has 160 valence electrons. The molecular formula is C23H22ClN3O4. The first kappa shape index (κ1) is 22.0. The van der Waals surface area contributed by atoms with Gasteiger partial charge in [-0.1, -0.05) is 23.7 Å². The highest BCUT2D eigenvalue weighted by Gasteiger charge is 2.13. The summed E-state index contributed by atoms with van der Waals surface area (Å²) in [5, 5.41) is 9.19. The summed E-state index contributed by atoms with van der Waals surface area (Å²) >= 11 is 5.88. The van der Waals surface area contributed by atoms with Crippen molar-refractivity contribution in [1.82, 2.24) is 0 Å². The first-order valence-corrected chi connectivity index (χ1v) is 9.79. The Hall–Kier alpha value is -3.71. The number of nitrogens with one attached hydrogen (secondary N) is 3. The minimum atomic E-state index is -0.303. The van der Waals surface area contributed by atoms with Gasteiger partial charge < -0.3 is 25.4 Å². The fourth-order valence-electron chi connectivity index (χ4n) is 2.84. The lowest BCUT2D eigenvalue weighted by molar-refractivity contribution is -0.114. The van der Waals surface area contributed by atoms with E-state index in [0.29, 0.717) is 39.1 Å². The smallest absolute Gasteiger partial charge is 0.257 e. The molecule has 0 aliphatic carbocycles. The molecule has 8 heteroatoms. The predicted octanol–water partition coefficient (Wildman–Crippen LogP) is 4.66. The maximum Gasteiger partial charge on any atom is 0.257 e. The van der Waals surface area contributed by atoms with Crippen molar-refractivity contribution in [3.05, 3.63) is 77.3 Å². The van der Waals surface area contributed by atoms with Crippen LogP contribution in [0.5, 0.6) is 11.5 Å². The fourth-order valence-corrected chi connectivity index (χ4v) is 2.96. The molecule has 0 aliphatic heterocycles. The minimum Gasteiger partial charge on any atom is -0.497 e. The van der Waals surface area contributed by atoms with E-state index < -0.39 is 0 Å². The number of methoxy groups -OCH3 is 2. The van der Waals surface area contributed by atoms with E-state index >= 15 is 0 Å². The Labute approximate surface area is 185 Å². The van der Waals surface area contributed by atoms with E-state index in [2.05, 4.69) is 16.0 Å². The third kappa shape index (κ3) is 5.90. The molecule has 0 aliphatic rings. The van der Waals surface area contributed by atoms with Gasteiger partial charge in [0.15, 0.2) is 0 Å². The van der Waals surface area contributed by atoms with E-state index in [-0.39, 0.29) is 18.4 Å². The molecule has 3 aromatic carbocycles. The van der Waals surface area contributed by atoms with E-state index in [9.17, 15) is 9.59 Å². The summed E-state index contributed by atoms with van der Waals surface area (Å²) in [4.78, 5) is 25.1. The highest BCUT2D eigenvalue weighted by molar-refractivity contribution is 6.30. The third-order valence-corrected chi connectivity index (χ3v) is 4.65. The quantitative estimate of drug-likeness (QED) is 0.475. The highest BCUT2D eigenvalue weighted by atomic mass is 35.5. The minimum absolute atomic E-state index is 0.0412. The number of carbonyl (C=O) groups is 2. The number of halogens is 1. The van der Waals surface area contributed by atoms with Gasteiger partial charge in [0.05, 0.1) is 32.0 Å². The zero-order chi connectivity index (χ0) is 22.2. The zero-order valence-electron chi connectivity index (χ0n) is 17.1. The normalized spacial score (nSPS) is 10.2. The van der Waals surface area contributed by atoms with Crippen molar-refractivity contribution in [1.29, 1.82) is 0 Å². The van der Waals surface area contributed by atoms with Gasteiger partial charge in [-0.05, 0) is 48.5 Å². The van der Waals surface area contributed by atoms with Crippen molar-refractivity contribution < 1.29 is 19.1 Å². The SMILES string of the molecule is COc1ccc(NC(=O)CNc2ccccc2C(=O)Nc2ccc(Cl)cc2)c(OC)c1. The number of hydrogen-bond donors (Lipinski definition) is 3. The number of para-hydroxylation sites is 1. The van der Waals surface area contributed by atoms with Gasteiger partial charge >= 0.3 is 0 Å². The summed E-state index contributed by atoms with van der Waals surface area (Å²) in [5.41, 5.74) is 2.08. The lowest BCUT2D eigenvalue weighted by atomic mass is 10.1. The van der Waals surface area contributed by atoms with Crippen molar-refractivity contribution in [3.63, 3.8) is 0 Å². The molecule has 3 rings (SSSR count). The molecule has 3 aromatic rings. The topological polar surface area (TPSA) is 88.7 Å². The van der Waals surface area contributed by atoms with Crippen LogP contribution in [0.2, 0.25) is 5.02 Å². The molecule has 3 N–H and O–H groups in total. The average molecular weight is 440 g/mol. The summed E-state index contributed by atoms with van der Waals surface area (Å²) in [5.74, 6) is 0.503. The predicted molar refractivity (Wildman–Crippen MR) is 123 cm³/mol. The van der Waals surface area contributed by atoms with Gasteiger partial charge in [0.2, 0.25) is 5.91 Å². The van der Waals surface area contributed by atoms with Gasteiger partial charge in [-0.25, -0.2) is 0 Å². The molecule has 0 spiro atoms. The Morgan fingerprint density at radius 3 is 2.32 bits per heavy atom. The van der Waals surface area contributed by atoms with Gasteiger partial charge in [0.1, 0.15) is 11.5 Å². The van der Waals surface area contributed by atoms with Gasteiger partial charge in [0.25, 0.3) is 5.91 Å². The van der Waals surface area contributed by atoms with Crippen LogP contribution < -0.4 is 25.4 Å². The van der Waals surface area contributed by atoms with Crippen molar-refractivity contribution in [2.45, 2.75) is 0 Å². The molecule has 0 unspecified atom stereocenters. The Morgan fingerprint density at radius 2 is 1.61 bits per heavy atom. The Morgan fingerprint density at radius 1 is 0.871 bits per heavy atom. The lowest BCUT2D eigenvalue weighted by Gasteiger charge is -2.14. The number of anilines is 3. The van der Waals surface area contributed by atoms with Crippen molar-refractivity contribution in [2.75, 3.05) is 36.7 Å². The fraction of sp³-hybridized carbons (Fsp3) is 0.130. The molecule has 0 saturated heterocycles. The molecule has 0 aromatic heterocycles. The first-order valence-electron chi connectivity index (χ1n) is 9.42. The number of benzene rings is 3. The van der Waals surface area contributed by atoms with Crippen LogP contribution in [0.25, 0.3) is 0 Å². The molecule has 0 bridgehead atoms.